The van der Waals surface area contributed by atoms with Gasteiger partial charge in [0.15, 0.2) is 5.56 Å². The second-order valence-electron chi connectivity index (χ2n) is 9.38. The molecule has 0 radical (unpaired) electrons. The Balaban J connectivity index is 1.74. The van der Waals surface area contributed by atoms with Gasteiger partial charge in [-0.3, -0.25) is 23.9 Å². The van der Waals surface area contributed by atoms with Gasteiger partial charge in [0.1, 0.15) is 5.65 Å². The normalized spacial score (nSPS) is 13.6. The Hall–Kier alpha value is -3.95. The Kier molecular flexibility index (Phi) is 6.72. The van der Waals surface area contributed by atoms with Crippen LogP contribution in [0.15, 0.2) is 35.4 Å². The van der Waals surface area contributed by atoms with Crippen LogP contribution in [0.4, 0.5) is 0 Å². The van der Waals surface area contributed by atoms with Gasteiger partial charge < -0.3 is 15.3 Å². The average Bonchev–Trinajstić information content (AvgIpc) is 3.56. The minimum Gasteiger partial charge on any atom is -0.492 e. The molecule has 3 heterocycles. The van der Waals surface area contributed by atoms with Crippen LogP contribution in [0.2, 0.25) is 0 Å². The maximum absolute atomic E-state index is 13.4. The number of nitrogens with zero attached hydrogens (tertiary/aromatic N) is 5. The fourth-order valence-electron chi connectivity index (χ4n) is 3.91. The van der Waals surface area contributed by atoms with E-state index >= 15 is 0 Å². The molecule has 1 aliphatic rings. The summed E-state index contributed by atoms with van der Waals surface area (Å²) in [6.45, 7) is 6.34. The SMILES string of the molecule is Cc1nn2c(O)c(C(=O)NC3CC3)c(=O)n(CC(C)C)c2c1/C=C/C(=O)N(C)Cc1cccnc1. The van der Waals surface area contributed by atoms with Crippen LogP contribution in [-0.2, 0) is 17.9 Å². The molecular formula is C25H30N6O4. The number of likely N-dealkylation sites (N-methyl/N-ethyl adjacent to an activating group) is 1. The van der Waals surface area contributed by atoms with Crippen LogP contribution < -0.4 is 10.9 Å². The Bertz CT molecular complexity index is 1350. The zero-order chi connectivity index (χ0) is 25.3. The van der Waals surface area contributed by atoms with Crippen molar-refractivity contribution in [2.24, 2.45) is 5.92 Å². The molecule has 3 aromatic rings. The molecule has 0 spiro atoms. The van der Waals surface area contributed by atoms with Crippen LogP contribution in [0.1, 0.15) is 53.9 Å². The molecule has 1 saturated carbocycles. The summed E-state index contributed by atoms with van der Waals surface area (Å²) in [6, 6.07) is 3.73. The van der Waals surface area contributed by atoms with Gasteiger partial charge in [-0.2, -0.15) is 9.61 Å². The van der Waals surface area contributed by atoms with E-state index in [-0.39, 0.29) is 23.4 Å². The monoisotopic (exact) mass is 478 g/mol. The Labute approximate surface area is 202 Å². The van der Waals surface area contributed by atoms with Crippen LogP contribution in [0.3, 0.4) is 0 Å². The van der Waals surface area contributed by atoms with Gasteiger partial charge in [-0.25, -0.2) is 0 Å². The molecule has 35 heavy (non-hydrogen) atoms. The number of rotatable bonds is 8. The van der Waals surface area contributed by atoms with Crippen molar-refractivity contribution in [2.75, 3.05) is 7.05 Å². The highest BCUT2D eigenvalue weighted by Gasteiger charge is 2.30. The van der Waals surface area contributed by atoms with Crippen molar-refractivity contribution >= 4 is 23.5 Å². The second-order valence-corrected chi connectivity index (χ2v) is 9.38. The third-order valence-corrected chi connectivity index (χ3v) is 5.82. The summed E-state index contributed by atoms with van der Waals surface area (Å²) in [5, 5.41) is 18.0. The first-order valence-corrected chi connectivity index (χ1v) is 11.7. The van der Waals surface area contributed by atoms with E-state index < -0.39 is 17.3 Å². The smallest absolute Gasteiger partial charge is 0.270 e. The number of aryl methyl sites for hydroxylation is 1. The predicted octanol–water partition coefficient (Wildman–Crippen LogP) is 2.13. The standard InChI is InChI=1S/C25H30N6O4/c1-15(2)13-30-23-19(9-10-20(32)29(4)14-17-6-5-11-26-12-17)16(3)28-31(23)25(35)21(24(30)34)22(33)27-18-7-8-18/h5-6,9-12,15,18,35H,7-8,13-14H2,1-4H3,(H,27,33)/b10-9+. The van der Waals surface area contributed by atoms with Crippen molar-refractivity contribution in [1.82, 2.24) is 29.4 Å². The molecule has 1 aliphatic carbocycles. The third-order valence-electron chi connectivity index (χ3n) is 5.82. The first-order chi connectivity index (χ1) is 16.7. The van der Waals surface area contributed by atoms with E-state index in [1.54, 1.807) is 37.3 Å². The predicted molar refractivity (Wildman–Crippen MR) is 131 cm³/mol. The van der Waals surface area contributed by atoms with Crippen molar-refractivity contribution in [2.45, 2.75) is 52.7 Å². The average molecular weight is 479 g/mol. The third kappa shape index (κ3) is 5.11. The number of nitrogens with one attached hydrogen (secondary N) is 1. The molecule has 2 amide bonds. The quantitative estimate of drug-likeness (QED) is 0.479. The highest BCUT2D eigenvalue weighted by atomic mass is 16.3. The highest BCUT2D eigenvalue weighted by Crippen LogP contribution is 2.25. The lowest BCUT2D eigenvalue weighted by Crippen LogP contribution is -2.36. The van der Waals surface area contributed by atoms with E-state index in [2.05, 4.69) is 15.4 Å². The molecule has 0 bridgehead atoms. The molecule has 3 aromatic heterocycles. The number of fused-ring (bicyclic) bond motifs is 1. The lowest BCUT2D eigenvalue weighted by Gasteiger charge is -2.16. The number of amides is 2. The van der Waals surface area contributed by atoms with Crippen LogP contribution in [0, 0.1) is 12.8 Å². The maximum atomic E-state index is 13.4. The number of carbonyl (C=O) groups is 2. The van der Waals surface area contributed by atoms with Gasteiger partial charge in [0.25, 0.3) is 11.5 Å². The summed E-state index contributed by atoms with van der Waals surface area (Å²) in [7, 11) is 1.69. The number of pyridine rings is 1. The maximum Gasteiger partial charge on any atom is 0.270 e. The summed E-state index contributed by atoms with van der Waals surface area (Å²) in [4.78, 5) is 44.5. The molecule has 10 heteroatoms. The van der Waals surface area contributed by atoms with E-state index in [0.29, 0.717) is 30.0 Å². The fraction of sp³-hybridized carbons (Fsp3) is 0.400. The first kappa shape index (κ1) is 24.2. The minimum absolute atomic E-state index is 0.0306. The number of carbonyl (C=O) groups excluding carboxylic acids is 2. The molecule has 0 aromatic carbocycles. The zero-order valence-corrected chi connectivity index (χ0v) is 20.4. The molecule has 2 N–H and O–H groups in total. The largest absolute Gasteiger partial charge is 0.492 e. The van der Waals surface area contributed by atoms with Crippen molar-refractivity contribution < 1.29 is 14.7 Å². The van der Waals surface area contributed by atoms with Crippen LogP contribution in [0.25, 0.3) is 11.7 Å². The molecule has 0 aliphatic heterocycles. The molecule has 0 saturated heterocycles. The fourth-order valence-corrected chi connectivity index (χ4v) is 3.91. The van der Waals surface area contributed by atoms with E-state index in [1.807, 2.05) is 26.0 Å². The van der Waals surface area contributed by atoms with E-state index in [1.165, 1.54) is 15.2 Å². The molecule has 184 valence electrons. The van der Waals surface area contributed by atoms with Gasteiger partial charge in [-0.05, 0) is 43.4 Å². The lowest BCUT2D eigenvalue weighted by atomic mass is 10.1. The number of hydrogen-bond acceptors (Lipinski definition) is 6. The summed E-state index contributed by atoms with van der Waals surface area (Å²) in [6.07, 6.45) is 8.09. The molecular weight excluding hydrogens is 448 g/mol. The van der Waals surface area contributed by atoms with Crippen LogP contribution in [-0.4, -0.2) is 54.1 Å². The Morgan fingerprint density at radius 1 is 1.34 bits per heavy atom. The van der Waals surface area contributed by atoms with Crippen molar-refractivity contribution in [3.63, 3.8) is 0 Å². The molecule has 4 rings (SSSR count). The van der Waals surface area contributed by atoms with Crippen molar-refractivity contribution in [3.05, 3.63) is 63.3 Å². The van der Waals surface area contributed by atoms with Crippen molar-refractivity contribution in [3.8, 4) is 5.88 Å². The van der Waals surface area contributed by atoms with Gasteiger partial charge in [0.2, 0.25) is 11.8 Å². The lowest BCUT2D eigenvalue weighted by molar-refractivity contribution is -0.125. The van der Waals surface area contributed by atoms with Crippen LogP contribution >= 0.6 is 0 Å². The van der Waals surface area contributed by atoms with Gasteiger partial charge in [-0.1, -0.05) is 19.9 Å². The Morgan fingerprint density at radius 3 is 2.71 bits per heavy atom. The van der Waals surface area contributed by atoms with E-state index in [0.717, 1.165) is 18.4 Å². The number of aromatic nitrogens is 4. The van der Waals surface area contributed by atoms with Crippen LogP contribution in [0.5, 0.6) is 5.88 Å². The molecule has 10 nitrogen and oxygen atoms in total. The number of aromatic hydroxyl groups is 1. The van der Waals surface area contributed by atoms with Gasteiger partial charge >= 0.3 is 0 Å². The topological polar surface area (TPSA) is 122 Å². The van der Waals surface area contributed by atoms with Gasteiger partial charge in [-0.15, -0.1) is 0 Å². The zero-order valence-electron chi connectivity index (χ0n) is 20.4. The molecule has 0 atom stereocenters. The van der Waals surface area contributed by atoms with Gasteiger partial charge in [0, 0.05) is 50.2 Å². The number of hydrogen-bond donors (Lipinski definition) is 2. The summed E-state index contributed by atoms with van der Waals surface area (Å²) < 4.78 is 2.67. The minimum atomic E-state index is -0.605. The summed E-state index contributed by atoms with van der Waals surface area (Å²) in [5.41, 5.74) is 1.36. The summed E-state index contributed by atoms with van der Waals surface area (Å²) in [5.74, 6) is -1.27. The molecule has 1 fully saturated rings. The second kappa shape index (κ2) is 9.73. The summed E-state index contributed by atoms with van der Waals surface area (Å²) >= 11 is 0. The first-order valence-electron chi connectivity index (χ1n) is 11.7. The highest BCUT2D eigenvalue weighted by molar-refractivity contribution is 5.97. The molecule has 0 unspecified atom stereocenters. The van der Waals surface area contributed by atoms with Crippen molar-refractivity contribution in [1.29, 1.82) is 0 Å². The van der Waals surface area contributed by atoms with Gasteiger partial charge in [0.05, 0.1) is 5.69 Å². The van der Waals surface area contributed by atoms with E-state index in [9.17, 15) is 19.5 Å². The Morgan fingerprint density at radius 2 is 2.09 bits per heavy atom. The van der Waals surface area contributed by atoms with E-state index in [4.69, 9.17) is 0 Å².